The molecule has 7 nitrogen and oxygen atoms in total. The Bertz CT molecular complexity index is 1200. The van der Waals surface area contributed by atoms with Gasteiger partial charge >= 0.3 is 0 Å². The molecule has 1 aliphatic heterocycles. The van der Waals surface area contributed by atoms with E-state index in [1.54, 1.807) is 12.1 Å². The summed E-state index contributed by atoms with van der Waals surface area (Å²) in [6.07, 6.45) is 0. The van der Waals surface area contributed by atoms with Crippen LogP contribution < -0.4 is 15.0 Å². The third kappa shape index (κ3) is 4.29. The van der Waals surface area contributed by atoms with Crippen molar-refractivity contribution in [3.63, 3.8) is 0 Å². The highest BCUT2D eigenvalue weighted by molar-refractivity contribution is 5.92. The SMILES string of the molecule is Cc1cc(Nc2cc3cc(N4CCOCC4)ccc3c(Oc3ccc(F)cc3)n2)n[nH]1. The molecule has 3 heterocycles. The summed E-state index contributed by atoms with van der Waals surface area (Å²) in [5.74, 6) is 1.91. The molecule has 31 heavy (non-hydrogen) atoms. The number of ether oxygens (including phenoxy) is 2. The molecule has 158 valence electrons. The van der Waals surface area contributed by atoms with Crippen molar-refractivity contribution in [2.45, 2.75) is 6.92 Å². The van der Waals surface area contributed by atoms with Crippen LogP contribution in [-0.4, -0.2) is 41.5 Å². The highest BCUT2D eigenvalue weighted by Crippen LogP contribution is 2.34. The molecular weight excluding hydrogens is 397 g/mol. The van der Waals surface area contributed by atoms with E-state index in [1.165, 1.54) is 12.1 Å². The van der Waals surface area contributed by atoms with E-state index in [1.807, 2.05) is 25.1 Å². The lowest BCUT2D eigenvalue weighted by Gasteiger charge is -2.29. The monoisotopic (exact) mass is 419 g/mol. The first-order valence-electron chi connectivity index (χ1n) is 10.1. The standard InChI is InChI=1S/C23H22FN5O2/c1-15-12-22(28-27-15)25-21-14-16-13-18(29-8-10-30-11-9-29)4-7-20(16)23(26-21)31-19-5-2-17(24)3-6-19/h2-7,12-14H,8-11H2,1H3,(H2,25,26,27,28). The number of rotatable bonds is 5. The topological polar surface area (TPSA) is 75.3 Å². The summed E-state index contributed by atoms with van der Waals surface area (Å²) in [6, 6.07) is 16.0. The minimum absolute atomic E-state index is 0.315. The summed E-state index contributed by atoms with van der Waals surface area (Å²) in [6.45, 7) is 5.08. The fraction of sp³-hybridized carbons (Fsp3) is 0.217. The molecule has 0 bridgehead atoms. The van der Waals surface area contributed by atoms with Gasteiger partial charge in [-0.2, -0.15) is 10.1 Å². The quantitative estimate of drug-likeness (QED) is 0.485. The molecule has 0 aliphatic carbocycles. The van der Waals surface area contributed by atoms with E-state index >= 15 is 0 Å². The minimum atomic E-state index is -0.315. The number of nitrogens with one attached hydrogen (secondary N) is 2. The van der Waals surface area contributed by atoms with Crippen LogP contribution in [0.4, 0.5) is 21.7 Å². The Labute approximate surface area is 178 Å². The molecule has 0 unspecified atom stereocenters. The second kappa shape index (κ2) is 8.23. The Balaban J connectivity index is 1.55. The van der Waals surface area contributed by atoms with E-state index in [0.29, 0.717) is 23.3 Å². The average molecular weight is 419 g/mol. The molecule has 1 saturated heterocycles. The fourth-order valence-corrected chi connectivity index (χ4v) is 3.60. The summed E-state index contributed by atoms with van der Waals surface area (Å²) in [7, 11) is 0. The fourth-order valence-electron chi connectivity index (χ4n) is 3.60. The summed E-state index contributed by atoms with van der Waals surface area (Å²) >= 11 is 0. The first kappa shape index (κ1) is 19.3. The molecule has 0 saturated carbocycles. The Morgan fingerprint density at radius 3 is 2.58 bits per heavy atom. The van der Waals surface area contributed by atoms with Gasteiger partial charge in [-0.1, -0.05) is 0 Å². The maximum absolute atomic E-state index is 13.3. The maximum atomic E-state index is 13.3. The van der Waals surface area contributed by atoms with Crippen molar-refractivity contribution in [2.24, 2.45) is 0 Å². The van der Waals surface area contributed by atoms with Crippen LogP contribution in [0, 0.1) is 12.7 Å². The molecule has 8 heteroatoms. The zero-order valence-electron chi connectivity index (χ0n) is 17.1. The predicted molar refractivity (Wildman–Crippen MR) is 118 cm³/mol. The van der Waals surface area contributed by atoms with E-state index in [0.717, 1.165) is 48.5 Å². The van der Waals surface area contributed by atoms with Gasteiger partial charge in [-0.05, 0) is 60.8 Å². The number of anilines is 3. The van der Waals surface area contributed by atoms with Gasteiger partial charge in [0.25, 0.3) is 0 Å². The zero-order valence-corrected chi connectivity index (χ0v) is 17.1. The minimum Gasteiger partial charge on any atom is -0.438 e. The van der Waals surface area contributed by atoms with Gasteiger partial charge in [0.2, 0.25) is 5.88 Å². The van der Waals surface area contributed by atoms with Crippen LogP contribution in [0.15, 0.2) is 54.6 Å². The Kier molecular flexibility index (Phi) is 5.13. The number of aryl methyl sites for hydroxylation is 1. The van der Waals surface area contributed by atoms with Crippen LogP contribution in [0.3, 0.4) is 0 Å². The molecule has 0 amide bonds. The summed E-state index contributed by atoms with van der Waals surface area (Å²) in [4.78, 5) is 6.95. The van der Waals surface area contributed by atoms with Gasteiger partial charge in [0.15, 0.2) is 5.82 Å². The number of aromatic nitrogens is 3. The number of nitrogens with zero attached hydrogens (tertiary/aromatic N) is 3. The van der Waals surface area contributed by atoms with Gasteiger partial charge < -0.3 is 19.7 Å². The number of hydrogen-bond donors (Lipinski definition) is 2. The van der Waals surface area contributed by atoms with Crippen LogP contribution in [0.25, 0.3) is 10.8 Å². The third-order valence-corrected chi connectivity index (χ3v) is 5.15. The number of morpholine rings is 1. The second-order valence-corrected chi connectivity index (χ2v) is 7.43. The molecule has 0 spiro atoms. The van der Waals surface area contributed by atoms with E-state index in [2.05, 4.69) is 37.5 Å². The lowest BCUT2D eigenvalue weighted by molar-refractivity contribution is 0.122. The van der Waals surface area contributed by atoms with Gasteiger partial charge in [-0.15, -0.1) is 0 Å². The molecule has 0 radical (unpaired) electrons. The van der Waals surface area contributed by atoms with Crippen LogP contribution in [0.2, 0.25) is 0 Å². The van der Waals surface area contributed by atoms with Crippen molar-refractivity contribution in [1.82, 2.24) is 15.2 Å². The lowest BCUT2D eigenvalue weighted by Crippen LogP contribution is -2.36. The van der Waals surface area contributed by atoms with Crippen molar-refractivity contribution in [3.8, 4) is 11.6 Å². The largest absolute Gasteiger partial charge is 0.438 e. The number of aromatic amines is 1. The highest BCUT2D eigenvalue weighted by Gasteiger charge is 2.15. The summed E-state index contributed by atoms with van der Waals surface area (Å²) in [5.41, 5.74) is 2.07. The van der Waals surface area contributed by atoms with Crippen LogP contribution >= 0.6 is 0 Å². The summed E-state index contributed by atoms with van der Waals surface area (Å²) in [5, 5.41) is 12.2. The van der Waals surface area contributed by atoms with Gasteiger partial charge in [-0.25, -0.2) is 4.39 Å². The van der Waals surface area contributed by atoms with Crippen molar-refractivity contribution in [3.05, 3.63) is 66.1 Å². The van der Waals surface area contributed by atoms with E-state index < -0.39 is 0 Å². The zero-order chi connectivity index (χ0) is 21.2. The Morgan fingerprint density at radius 2 is 1.84 bits per heavy atom. The molecule has 4 aromatic rings. The molecule has 5 rings (SSSR count). The van der Waals surface area contributed by atoms with Crippen molar-refractivity contribution in [2.75, 3.05) is 36.5 Å². The third-order valence-electron chi connectivity index (χ3n) is 5.15. The first-order chi connectivity index (χ1) is 15.1. The lowest BCUT2D eigenvalue weighted by atomic mass is 10.1. The number of benzene rings is 2. The molecule has 2 aromatic heterocycles. The van der Waals surface area contributed by atoms with Gasteiger partial charge in [-0.3, -0.25) is 5.10 Å². The normalized spacial score (nSPS) is 14.1. The smallest absolute Gasteiger partial charge is 0.229 e. The van der Waals surface area contributed by atoms with E-state index in [4.69, 9.17) is 9.47 Å². The van der Waals surface area contributed by atoms with Gasteiger partial charge in [0.1, 0.15) is 17.4 Å². The van der Waals surface area contributed by atoms with Crippen LogP contribution in [-0.2, 0) is 4.74 Å². The number of H-pyrrole nitrogens is 1. The van der Waals surface area contributed by atoms with Gasteiger partial charge in [0.05, 0.1) is 13.2 Å². The van der Waals surface area contributed by atoms with Crippen LogP contribution in [0.5, 0.6) is 11.6 Å². The van der Waals surface area contributed by atoms with Gasteiger partial charge in [0, 0.05) is 35.9 Å². The number of halogens is 1. The Morgan fingerprint density at radius 1 is 1.03 bits per heavy atom. The molecule has 1 fully saturated rings. The number of hydrogen-bond acceptors (Lipinski definition) is 6. The Hall–Kier alpha value is -3.65. The second-order valence-electron chi connectivity index (χ2n) is 7.43. The van der Waals surface area contributed by atoms with E-state index in [9.17, 15) is 4.39 Å². The van der Waals surface area contributed by atoms with Crippen molar-refractivity contribution in [1.29, 1.82) is 0 Å². The highest BCUT2D eigenvalue weighted by atomic mass is 19.1. The van der Waals surface area contributed by atoms with Crippen molar-refractivity contribution >= 4 is 28.1 Å². The predicted octanol–water partition coefficient (Wildman–Crippen LogP) is 4.78. The average Bonchev–Trinajstić information content (AvgIpc) is 3.20. The molecular formula is C23H22FN5O2. The summed E-state index contributed by atoms with van der Waals surface area (Å²) < 4.78 is 24.8. The van der Waals surface area contributed by atoms with Crippen LogP contribution in [0.1, 0.15) is 5.69 Å². The number of fused-ring (bicyclic) bond motifs is 1. The number of pyridine rings is 1. The van der Waals surface area contributed by atoms with Crippen molar-refractivity contribution < 1.29 is 13.9 Å². The first-order valence-corrected chi connectivity index (χ1v) is 10.1. The molecule has 2 aromatic carbocycles. The maximum Gasteiger partial charge on any atom is 0.229 e. The molecule has 0 atom stereocenters. The molecule has 2 N–H and O–H groups in total. The van der Waals surface area contributed by atoms with E-state index in [-0.39, 0.29) is 5.82 Å². The molecule has 1 aliphatic rings.